The average molecular weight is 229 g/mol. The van der Waals surface area contributed by atoms with E-state index in [2.05, 4.69) is 34.7 Å². The fraction of sp³-hybridized carbons (Fsp3) is 0.429. The molecular weight excluding hydrogens is 210 g/mol. The maximum absolute atomic E-state index is 5.72. The lowest BCUT2D eigenvalue weighted by molar-refractivity contribution is 0.462. The molecule has 1 fully saturated rings. The molecule has 1 saturated heterocycles. The Morgan fingerprint density at radius 2 is 2.06 bits per heavy atom. The molecular formula is C14H19N3. The van der Waals surface area contributed by atoms with Crippen LogP contribution in [0.15, 0.2) is 24.4 Å². The van der Waals surface area contributed by atoms with Crippen molar-refractivity contribution >= 4 is 10.9 Å². The Morgan fingerprint density at radius 3 is 2.82 bits per heavy atom. The van der Waals surface area contributed by atoms with E-state index in [9.17, 15) is 0 Å². The van der Waals surface area contributed by atoms with Crippen molar-refractivity contribution in [2.75, 3.05) is 13.1 Å². The van der Waals surface area contributed by atoms with E-state index in [4.69, 9.17) is 5.73 Å². The number of fused-ring (bicyclic) bond motifs is 1. The summed E-state index contributed by atoms with van der Waals surface area (Å²) in [7, 11) is 0. The van der Waals surface area contributed by atoms with Gasteiger partial charge in [-0.25, -0.2) is 0 Å². The second kappa shape index (κ2) is 4.51. The highest BCUT2D eigenvalue weighted by molar-refractivity contribution is 5.84. The third-order valence-corrected chi connectivity index (χ3v) is 3.79. The Bertz CT molecular complexity index is 509. The molecule has 90 valence electrons. The molecule has 3 heteroatoms. The number of hydrogen-bond acceptors (Lipinski definition) is 2. The second-order valence-corrected chi connectivity index (χ2v) is 4.85. The predicted octanol–water partition coefficient (Wildman–Crippen LogP) is 2.09. The van der Waals surface area contributed by atoms with Crippen LogP contribution in [0.5, 0.6) is 0 Å². The maximum atomic E-state index is 5.72. The number of hydrogen-bond donors (Lipinski definition) is 3. The van der Waals surface area contributed by atoms with Crippen LogP contribution in [-0.4, -0.2) is 18.1 Å². The Labute approximate surface area is 101 Å². The van der Waals surface area contributed by atoms with Crippen LogP contribution in [0.25, 0.3) is 10.9 Å². The summed E-state index contributed by atoms with van der Waals surface area (Å²) in [5, 5.41) is 4.78. The van der Waals surface area contributed by atoms with Crippen LogP contribution >= 0.6 is 0 Å². The van der Waals surface area contributed by atoms with Crippen molar-refractivity contribution in [3.63, 3.8) is 0 Å². The van der Waals surface area contributed by atoms with Gasteiger partial charge in [0, 0.05) is 23.6 Å². The minimum absolute atomic E-state index is 0.618. The predicted molar refractivity (Wildman–Crippen MR) is 71.0 cm³/mol. The molecule has 3 rings (SSSR count). The average Bonchev–Trinajstić information content (AvgIpc) is 2.82. The number of aromatic amines is 1. The summed E-state index contributed by atoms with van der Waals surface area (Å²) in [4.78, 5) is 3.38. The highest BCUT2D eigenvalue weighted by atomic mass is 14.9. The topological polar surface area (TPSA) is 53.8 Å². The smallest absolute Gasteiger partial charge is 0.0457 e. The van der Waals surface area contributed by atoms with Gasteiger partial charge in [0.25, 0.3) is 0 Å². The van der Waals surface area contributed by atoms with Crippen LogP contribution in [0.2, 0.25) is 0 Å². The number of aromatic nitrogens is 1. The zero-order valence-electron chi connectivity index (χ0n) is 10.00. The van der Waals surface area contributed by atoms with Gasteiger partial charge in [-0.3, -0.25) is 0 Å². The lowest BCUT2D eigenvalue weighted by atomic mass is 9.90. The minimum atomic E-state index is 0.618. The van der Waals surface area contributed by atoms with Crippen molar-refractivity contribution in [1.29, 1.82) is 0 Å². The summed E-state index contributed by atoms with van der Waals surface area (Å²) in [6, 6.07) is 6.48. The summed E-state index contributed by atoms with van der Waals surface area (Å²) in [6.07, 6.45) is 4.65. The second-order valence-electron chi connectivity index (χ2n) is 4.85. The quantitative estimate of drug-likeness (QED) is 0.738. The van der Waals surface area contributed by atoms with Crippen molar-refractivity contribution in [2.24, 2.45) is 5.73 Å². The highest BCUT2D eigenvalue weighted by Crippen LogP contribution is 2.31. The monoisotopic (exact) mass is 229 g/mol. The molecule has 2 heterocycles. The van der Waals surface area contributed by atoms with Gasteiger partial charge in [-0.15, -0.1) is 0 Å². The lowest BCUT2D eigenvalue weighted by Crippen LogP contribution is -2.26. The first-order valence-corrected chi connectivity index (χ1v) is 6.39. The number of rotatable bonds is 2. The van der Waals surface area contributed by atoms with Gasteiger partial charge in [0.15, 0.2) is 0 Å². The summed E-state index contributed by atoms with van der Waals surface area (Å²) in [5.74, 6) is 0.693. The summed E-state index contributed by atoms with van der Waals surface area (Å²) < 4.78 is 0. The van der Waals surface area contributed by atoms with Gasteiger partial charge < -0.3 is 16.0 Å². The van der Waals surface area contributed by atoms with Crippen LogP contribution in [-0.2, 0) is 6.54 Å². The molecule has 0 spiro atoms. The molecule has 0 atom stereocenters. The SMILES string of the molecule is NCc1ccc2[nH]cc(C3CCNCC3)c2c1. The number of nitrogens with one attached hydrogen (secondary N) is 2. The zero-order valence-corrected chi connectivity index (χ0v) is 10.00. The highest BCUT2D eigenvalue weighted by Gasteiger charge is 2.18. The maximum Gasteiger partial charge on any atom is 0.0457 e. The molecule has 0 saturated carbocycles. The fourth-order valence-electron chi connectivity index (χ4n) is 2.79. The van der Waals surface area contributed by atoms with E-state index in [1.165, 1.54) is 34.9 Å². The molecule has 17 heavy (non-hydrogen) atoms. The van der Waals surface area contributed by atoms with Gasteiger partial charge in [0.05, 0.1) is 0 Å². The molecule has 3 nitrogen and oxygen atoms in total. The number of piperidine rings is 1. The third-order valence-electron chi connectivity index (χ3n) is 3.79. The van der Waals surface area contributed by atoms with Gasteiger partial charge in [0.1, 0.15) is 0 Å². The van der Waals surface area contributed by atoms with Crippen LogP contribution < -0.4 is 11.1 Å². The van der Waals surface area contributed by atoms with Crippen molar-refractivity contribution in [3.8, 4) is 0 Å². The summed E-state index contributed by atoms with van der Waals surface area (Å²) in [6.45, 7) is 2.88. The van der Waals surface area contributed by atoms with E-state index < -0.39 is 0 Å². The van der Waals surface area contributed by atoms with Crippen LogP contribution in [0, 0.1) is 0 Å². The normalized spacial score (nSPS) is 17.7. The Balaban J connectivity index is 2.02. The van der Waals surface area contributed by atoms with Crippen molar-refractivity contribution in [2.45, 2.75) is 25.3 Å². The first-order valence-electron chi connectivity index (χ1n) is 6.39. The van der Waals surface area contributed by atoms with Crippen molar-refractivity contribution < 1.29 is 0 Å². The van der Waals surface area contributed by atoms with Gasteiger partial charge in [0.2, 0.25) is 0 Å². The van der Waals surface area contributed by atoms with Crippen LogP contribution in [0.1, 0.15) is 29.9 Å². The van der Waals surface area contributed by atoms with Crippen LogP contribution in [0.3, 0.4) is 0 Å². The Kier molecular flexibility index (Phi) is 2.87. The standard InChI is InChI=1S/C14H19N3/c15-8-10-1-2-14-12(7-10)13(9-17-14)11-3-5-16-6-4-11/h1-2,7,9,11,16-17H,3-6,8,15H2. The largest absolute Gasteiger partial charge is 0.361 e. The molecule has 0 aliphatic carbocycles. The molecule has 1 aliphatic heterocycles. The third kappa shape index (κ3) is 1.96. The molecule has 0 radical (unpaired) electrons. The molecule has 4 N–H and O–H groups in total. The number of nitrogens with two attached hydrogens (primary N) is 1. The van der Waals surface area contributed by atoms with E-state index in [1.807, 2.05) is 0 Å². The van der Waals surface area contributed by atoms with Gasteiger partial charge in [-0.2, -0.15) is 0 Å². The van der Waals surface area contributed by atoms with E-state index in [0.717, 1.165) is 13.1 Å². The Hall–Kier alpha value is -1.32. The Morgan fingerprint density at radius 1 is 1.24 bits per heavy atom. The van der Waals surface area contributed by atoms with Gasteiger partial charge >= 0.3 is 0 Å². The lowest BCUT2D eigenvalue weighted by Gasteiger charge is -2.22. The van der Waals surface area contributed by atoms with Gasteiger partial charge in [-0.1, -0.05) is 6.07 Å². The molecule has 0 unspecified atom stereocenters. The summed E-state index contributed by atoms with van der Waals surface area (Å²) in [5.41, 5.74) is 9.63. The molecule has 0 amide bonds. The molecule has 1 aromatic carbocycles. The van der Waals surface area contributed by atoms with Crippen molar-refractivity contribution in [3.05, 3.63) is 35.5 Å². The minimum Gasteiger partial charge on any atom is -0.361 e. The molecule has 1 aromatic heterocycles. The van der Waals surface area contributed by atoms with E-state index >= 15 is 0 Å². The summed E-state index contributed by atoms with van der Waals surface area (Å²) >= 11 is 0. The molecule has 1 aliphatic rings. The molecule has 0 bridgehead atoms. The first kappa shape index (κ1) is 10.8. The molecule has 2 aromatic rings. The zero-order chi connectivity index (χ0) is 11.7. The van der Waals surface area contributed by atoms with Gasteiger partial charge in [-0.05, 0) is 55.1 Å². The van der Waals surface area contributed by atoms with Crippen LogP contribution in [0.4, 0.5) is 0 Å². The van der Waals surface area contributed by atoms with E-state index in [0.29, 0.717) is 12.5 Å². The fourth-order valence-corrected chi connectivity index (χ4v) is 2.79. The van der Waals surface area contributed by atoms with Crippen molar-refractivity contribution in [1.82, 2.24) is 10.3 Å². The number of benzene rings is 1. The number of H-pyrrole nitrogens is 1. The van der Waals surface area contributed by atoms with E-state index in [1.54, 1.807) is 0 Å². The van der Waals surface area contributed by atoms with E-state index in [-0.39, 0.29) is 0 Å². The first-order chi connectivity index (χ1) is 8.38.